The minimum atomic E-state index is -0.410. The minimum Gasteiger partial charge on any atom is -0.326 e. The van der Waals surface area contributed by atoms with Gasteiger partial charge in [0.25, 0.3) is 0 Å². The predicted octanol–water partition coefficient (Wildman–Crippen LogP) is -0.260. The number of likely N-dealkylation sites (N-methyl/N-ethyl adjacent to an activating group) is 1. The Labute approximate surface area is 77.5 Å². The summed E-state index contributed by atoms with van der Waals surface area (Å²) < 4.78 is 0. The highest BCUT2D eigenvalue weighted by Crippen LogP contribution is 2.06. The van der Waals surface area contributed by atoms with E-state index in [1.807, 2.05) is 13.8 Å². The van der Waals surface area contributed by atoms with E-state index in [1.54, 1.807) is 7.05 Å². The number of nitrogens with one attached hydrogen (secondary N) is 2. The second-order valence-electron chi connectivity index (χ2n) is 3.57. The van der Waals surface area contributed by atoms with Crippen LogP contribution in [0.4, 0.5) is 4.79 Å². The lowest BCUT2D eigenvalue weighted by molar-refractivity contribution is -0.132. The Bertz CT molecular complexity index is 227. The van der Waals surface area contributed by atoms with Gasteiger partial charge in [0, 0.05) is 7.05 Å². The van der Waals surface area contributed by atoms with E-state index in [-0.39, 0.29) is 24.5 Å². The summed E-state index contributed by atoms with van der Waals surface area (Å²) in [5.74, 6) is 0.0622. The molecule has 0 aromatic rings. The van der Waals surface area contributed by atoms with E-state index in [0.717, 1.165) is 0 Å². The van der Waals surface area contributed by atoms with Gasteiger partial charge in [0.05, 0.1) is 6.67 Å². The van der Waals surface area contributed by atoms with E-state index in [1.165, 1.54) is 4.90 Å². The zero-order valence-corrected chi connectivity index (χ0v) is 8.13. The average Bonchev–Trinajstić information content (AvgIpc) is 2.18. The molecule has 5 nitrogen and oxygen atoms in total. The van der Waals surface area contributed by atoms with Gasteiger partial charge in [0.1, 0.15) is 6.04 Å². The number of amides is 3. The van der Waals surface area contributed by atoms with Crippen LogP contribution in [0.1, 0.15) is 13.8 Å². The van der Waals surface area contributed by atoms with Gasteiger partial charge in [0.15, 0.2) is 0 Å². The summed E-state index contributed by atoms with van der Waals surface area (Å²) >= 11 is 0. The highest BCUT2D eigenvalue weighted by atomic mass is 16.2. The van der Waals surface area contributed by atoms with Crippen LogP contribution >= 0.6 is 0 Å². The molecule has 0 spiro atoms. The van der Waals surface area contributed by atoms with Gasteiger partial charge in [-0.25, -0.2) is 4.79 Å². The second kappa shape index (κ2) is 3.64. The van der Waals surface area contributed by atoms with Crippen molar-refractivity contribution in [1.29, 1.82) is 0 Å². The van der Waals surface area contributed by atoms with Crippen LogP contribution in [0.5, 0.6) is 0 Å². The molecule has 1 saturated heterocycles. The standard InChI is InChI=1S/C8H15N3O2/c1-5(2)6-7(12)11(3)4-9-8(13)10-6/h5-6H,4H2,1-3H3,(H2,9,10,13)/t6-/m0/s1. The molecule has 0 aromatic heterocycles. The minimum absolute atomic E-state index is 0.0478. The summed E-state index contributed by atoms with van der Waals surface area (Å²) in [5.41, 5.74) is 0. The lowest BCUT2D eigenvalue weighted by Crippen LogP contribution is -2.46. The van der Waals surface area contributed by atoms with Crippen LogP contribution in [0, 0.1) is 5.92 Å². The number of nitrogens with zero attached hydrogens (tertiary/aromatic N) is 1. The van der Waals surface area contributed by atoms with E-state index >= 15 is 0 Å². The Kier molecular flexibility index (Phi) is 2.75. The summed E-state index contributed by atoms with van der Waals surface area (Å²) in [6, 6.07) is -0.691. The Hall–Kier alpha value is -1.26. The summed E-state index contributed by atoms with van der Waals surface area (Å²) in [5, 5.41) is 5.18. The maximum absolute atomic E-state index is 11.6. The Morgan fingerprint density at radius 1 is 1.46 bits per heavy atom. The van der Waals surface area contributed by atoms with E-state index < -0.39 is 6.04 Å². The van der Waals surface area contributed by atoms with Gasteiger partial charge in [-0.05, 0) is 5.92 Å². The smallest absolute Gasteiger partial charge is 0.316 e. The summed E-state index contributed by atoms with van der Waals surface area (Å²) in [6.45, 7) is 4.08. The Morgan fingerprint density at radius 3 is 2.62 bits per heavy atom. The molecular weight excluding hydrogens is 170 g/mol. The number of carbonyl (C=O) groups excluding carboxylic acids is 2. The highest BCUT2D eigenvalue weighted by Gasteiger charge is 2.29. The molecule has 1 fully saturated rings. The molecule has 1 rings (SSSR count). The first-order valence-corrected chi connectivity index (χ1v) is 4.31. The molecule has 0 radical (unpaired) electrons. The van der Waals surface area contributed by atoms with Crippen LogP contribution in [0.3, 0.4) is 0 Å². The predicted molar refractivity (Wildman–Crippen MR) is 47.9 cm³/mol. The van der Waals surface area contributed by atoms with Gasteiger partial charge >= 0.3 is 6.03 Å². The fourth-order valence-electron chi connectivity index (χ4n) is 1.21. The summed E-state index contributed by atoms with van der Waals surface area (Å²) in [4.78, 5) is 24.2. The molecule has 1 atom stereocenters. The monoisotopic (exact) mass is 185 g/mol. The van der Waals surface area contributed by atoms with Crippen molar-refractivity contribution in [2.24, 2.45) is 5.92 Å². The van der Waals surface area contributed by atoms with Crippen molar-refractivity contribution in [1.82, 2.24) is 15.5 Å². The van der Waals surface area contributed by atoms with Crippen molar-refractivity contribution in [3.8, 4) is 0 Å². The molecule has 0 aromatic carbocycles. The SMILES string of the molecule is CC(C)[C@@H]1NC(=O)NCN(C)C1=O. The van der Waals surface area contributed by atoms with E-state index in [2.05, 4.69) is 10.6 Å². The van der Waals surface area contributed by atoms with Crippen LogP contribution in [0.15, 0.2) is 0 Å². The van der Waals surface area contributed by atoms with Crippen molar-refractivity contribution in [2.45, 2.75) is 19.9 Å². The Balaban J connectivity index is 2.78. The van der Waals surface area contributed by atoms with Crippen molar-refractivity contribution in [3.05, 3.63) is 0 Å². The molecule has 1 heterocycles. The van der Waals surface area contributed by atoms with Crippen molar-refractivity contribution in [2.75, 3.05) is 13.7 Å². The topological polar surface area (TPSA) is 61.4 Å². The zero-order valence-electron chi connectivity index (χ0n) is 8.13. The highest BCUT2D eigenvalue weighted by molar-refractivity contribution is 5.89. The largest absolute Gasteiger partial charge is 0.326 e. The van der Waals surface area contributed by atoms with Gasteiger partial charge in [-0.1, -0.05) is 13.8 Å². The van der Waals surface area contributed by atoms with Crippen LogP contribution in [-0.4, -0.2) is 36.6 Å². The summed E-state index contributed by atoms with van der Waals surface area (Å²) in [7, 11) is 1.67. The van der Waals surface area contributed by atoms with E-state index in [4.69, 9.17) is 0 Å². The quantitative estimate of drug-likeness (QED) is 0.591. The molecule has 2 N–H and O–H groups in total. The van der Waals surface area contributed by atoms with E-state index in [9.17, 15) is 9.59 Å². The zero-order chi connectivity index (χ0) is 10.0. The summed E-state index contributed by atoms with van der Waals surface area (Å²) in [6.07, 6.45) is 0. The third kappa shape index (κ3) is 2.11. The van der Waals surface area contributed by atoms with Gasteiger partial charge in [0.2, 0.25) is 5.91 Å². The van der Waals surface area contributed by atoms with Crippen molar-refractivity contribution < 1.29 is 9.59 Å². The number of rotatable bonds is 1. The van der Waals surface area contributed by atoms with Crippen LogP contribution in [0.25, 0.3) is 0 Å². The van der Waals surface area contributed by atoms with Crippen LogP contribution < -0.4 is 10.6 Å². The van der Waals surface area contributed by atoms with Crippen LogP contribution in [0.2, 0.25) is 0 Å². The molecule has 0 aliphatic carbocycles. The molecule has 74 valence electrons. The molecule has 3 amide bonds. The molecular formula is C8H15N3O2. The number of carbonyl (C=O) groups is 2. The Morgan fingerprint density at radius 2 is 2.08 bits per heavy atom. The maximum atomic E-state index is 11.6. The molecule has 0 saturated carbocycles. The van der Waals surface area contributed by atoms with Crippen molar-refractivity contribution in [3.63, 3.8) is 0 Å². The lowest BCUT2D eigenvalue weighted by Gasteiger charge is -2.21. The van der Waals surface area contributed by atoms with Gasteiger partial charge < -0.3 is 15.5 Å². The molecule has 1 aliphatic rings. The third-order valence-electron chi connectivity index (χ3n) is 2.07. The first kappa shape index (κ1) is 9.83. The first-order valence-electron chi connectivity index (χ1n) is 4.31. The normalized spacial score (nSPS) is 24.0. The van der Waals surface area contributed by atoms with Gasteiger partial charge in [-0.15, -0.1) is 0 Å². The van der Waals surface area contributed by atoms with E-state index in [0.29, 0.717) is 0 Å². The molecule has 5 heteroatoms. The average molecular weight is 185 g/mol. The number of urea groups is 1. The molecule has 1 aliphatic heterocycles. The molecule has 0 unspecified atom stereocenters. The van der Waals surface area contributed by atoms with Crippen molar-refractivity contribution >= 4 is 11.9 Å². The molecule has 13 heavy (non-hydrogen) atoms. The second-order valence-corrected chi connectivity index (χ2v) is 3.57. The van der Waals surface area contributed by atoms with Gasteiger partial charge in [-0.2, -0.15) is 0 Å². The number of hydrogen-bond acceptors (Lipinski definition) is 2. The lowest BCUT2D eigenvalue weighted by atomic mass is 10.0. The fraction of sp³-hybridized carbons (Fsp3) is 0.750. The van der Waals surface area contributed by atoms with Gasteiger partial charge in [-0.3, -0.25) is 4.79 Å². The van der Waals surface area contributed by atoms with Crippen LogP contribution in [-0.2, 0) is 4.79 Å². The first-order chi connectivity index (χ1) is 6.02. The maximum Gasteiger partial charge on any atom is 0.316 e. The number of hydrogen-bond donors (Lipinski definition) is 2. The third-order valence-corrected chi connectivity index (χ3v) is 2.07. The molecule has 0 bridgehead atoms. The fourth-order valence-corrected chi connectivity index (χ4v) is 1.21.